The number of hydrogen-bond donors (Lipinski definition) is 19. The highest BCUT2D eigenvalue weighted by Crippen LogP contribution is 2.40. The first-order valence-corrected chi connectivity index (χ1v) is 24.6. The normalized spacial score (nSPS) is 55.7. The van der Waals surface area contributed by atoms with E-state index in [1.54, 1.807) is 0 Å². The van der Waals surface area contributed by atoms with E-state index < -0.39 is 248 Å². The van der Waals surface area contributed by atoms with Crippen LogP contribution < -0.4 is 0 Å². The predicted molar refractivity (Wildman–Crippen MR) is 225 cm³/mol. The number of aliphatic hydroxyl groups excluding tert-OH is 19. The van der Waals surface area contributed by atoms with Gasteiger partial charge >= 0.3 is 0 Å². The minimum absolute atomic E-state index is 0.199. The summed E-state index contributed by atoms with van der Waals surface area (Å²) >= 11 is 0. The third-order valence-corrected chi connectivity index (χ3v) is 15.0. The van der Waals surface area contributed by atoms with E-state index in [9.17, 15) is 97.0 Å². The Morgan fingerprint density at radius 3 is 0.882 bits per heavy atom. The number of fused-ring (bicyclic) bond motifs is 4. The van der Waals surface area contributed by atoms with Crippen molar-refractivity contribution in [3.8, 4) is 0 Å². The highest BCUT2D eigenvalue weighted by Gasteiger charge is 2.61. The van der Waals surface area contributed by atoms with E-state index >= 15 is 0 Å². The zero-order chi connectivity index (χ0) is 54.8. The summed E-state index contributed by atoms with van der Waals surface area (Å²) in [5, 5.41) is 201. The Morgan fingerprint density at radius 2 is 0.539 bits per heavy atom. The molecular formula is C42H68O34. The Hall–Kier alpha value is -1.36. The third-order valence-electron chi connectivity index (χ3n) is 15.0. The van der Waals surface area contributed by atoms with E-state index in [1.807, 2.05) is 0 Å². The molecule has 4 bridgehead atoms. The zero-order valence-corrected chi connectivity index (χ0v) is 39.8. The highest BCUT2D eigenvalue weighted by atomic mass is 16.8. The van der Waals surface area contributed by atoms with Crippen LogP contribution in [0.4, 0.5) is 0 Å². The van der Waals surface area contributed by atoms with Crippen LogP contribution in [0.3, 0.4) is 0 Å². The summed E-state index contributed by atoms with van der Waals surface area (Å²) in [7, 11) is 0. The van der Waals surface area contributed by atoms with Crippen LogP contribution in [0.2, 0.25) is 0 Å². The summed E-state index contributed by atoms with van der Waals surface area (Å²) in [6.45, 7) is -4.77. The molecule has 0 spiro atoms. The first-order chi connectivity index (χ1) is 36.2. The van der Waals surface area contributed by atoms with Crippen molar-refractivity contribution in [3.63, 3.8) is 0 Å². The fraction of sp³-hybridized carbons (Fsp3) is 1.00. The van der Waals surface area contributed by atoms with Crippen LogP contribution in [-0.4, -0.2) is 358 Å². The highest BCUT2D eigenvalue weighted by molar-refractivity contribution is 5.03. The van der Waals surface area contributed by atoms with Crippen molar-refractivity contribution in [3.05, 3.63) is 0 Å². The molecule has 440 valence electrons. The van der Waals surface area contributed by atoms with Gasteiger partial charge in [0.2, 0.25) is 0 Å². The van der Waals surface area contributed by atoms with Crippen molar-refractivity contribution < 1.29 is 168 Å². The molecule has 0 aromatic rings. The molecule has 9 fully saturated rings. The fourth-order valence-corrected chi connectivity index (χ4v) is 10.7. The van der Waals surface area contributed by atoms with Gasteiger partial charge in [0.15, 0.2) is 44.0 Å². The lowest BCUT2D eigenvalue weighted by molar-refractivity contribution is -0.387. The van der Waals surface area contributed by atoms with Crippen LogP contribution in [0, 0.1) is 0 Å². The smallest absolute Gasteiger partial charge is 0.187 e. The Morgan fingerprint density at radius 1 is 0.263 bits per heavy atom. The van der Waals surface area contributed by atoms with Gasteiger partial charge in [-0.05, 0) is 0 Å². The molecule has 19 N–H and O–H groups in total. The summed E-state index contributed by atoms with van der Waals surface area (Å²) in [5.41, 5.74) is 0. The quantitative estimate of drug-likeness (QED) is 0.0643. The van der Waals surface area contributed by atoms with Crippen LogP contribution in [0.1, 0.15) is 0 Å². The second-order valence-electron chi connectivity index (χ2n) is 19.8. The van der Waals surface area contributed by atoms with Gasteiger partial charge in [-0.25, -0.2) is 0 Å². The summed E-state index contributed by atoms with van der Waals surface area (Å²) in [5.74, 6) is 0. The molecule has 0 unspecified atom stereocenters. The van der Waals surface area contributed by atoms with Crippen molar-refractivity contribution in [1.29, 1.82) is 0 Å². The van der Waals surface area contributed by atoms with Crippen LogP contribution in [0.5, 0.6) is 0 Å². The average Bonchev–Trinajstić information content (AvgIpc) is 3.92. The van der Waals surface area contributed by atoms with E-state index in [0.717, 1.165) is 0 Å². The molecule has 9 aliphatic heterocycles. The van der Waals surface area contributed by atoms with Crippen LogP contribution >= 0.6 is 0 Å². The van der Waals surface area contributed by atoms with Crippen LogP contribution in [-0.2, 0) is 71.1 Å². The lowest BCUT2D eigenvalue weighted by atomic mass is 9.96. The maximum absolute atomic E-state index is 11.4. The maximum atomic E-state index is 11.4. The zero-order valence-electron chi connectivity index (χ0n) is 39.8. The van der Waals surface area contributed by atoms with E-state index in [4.69, 9.17) is 71.1 Å². The number of hydrogen-bond acceptors (Lipinski definition) is 34. The number of ether oxygens (including phenoxy) is 15. The van der Waals surface area contributed by atoms with E-state index in [1.165, 1.54) is 0 Å². The second-order valence-corrected chi connectivity index (χ2v) is 19.8. The van der Waals surface area contributed by atoms with Gasteiger partial charge in [0.25, 0.3) is 0 Å². The molecule has 0 aromatic carbocycles. The van der Waals surface area contributed by atoms with E-state index in [2.05, 4.69) is 0 Å². The van der Waals surface area contributed by atoms with Gasteiger partial charge in [0, 0.05) is 0 Å². The summed E-state index contributed by atoms with van der Waals surface area (Å²) in [6, 6.07) is 0. The van der Waals surface area contributed by atoms with Crippen LogP contribution in [0.15, 0.2) is 0 Å². The van der Waals surface area contributed by atoms with Gasteiger partial charge in [-0.1, -0.05) is 0 Å². The van der Waals surface area contributed by atoms with Crippen molar-refractivity contribution in [2.45, 2.75) is 215 Å². The SMILES string of the molecule is OC[C@H]1O[C@H](O[C@H]2[C@@H]3OC[C@H]2O[C@H](O[C@H]2[C@H](O)[C@@H](O)[C@@H](O[C@H]4[C@H](O)[C@@H](O)[C@@H](O[C@H]5[C@@H]6OC[C@H]5O[C@H](O[C@H]5[C@H](O)[C@@H](O)[C@@H](O[C@H]7[C@H](O)[C@@H](O)[C@@H](O)O[C@@H]7CO)O[C@@H]5CO)[C@@H]6O)O[C@@H]4CO)O[C@@H]2CO)[C@@H]3O)[C@H](O)[C@@H](O)[C@@H]1O. The van der Waals surface area contributed by atoms with Crippen molar-refractivity contribution in [2.75, 3.05) is 46.2 Å². The third kappa shape index (κ3) is 11.2. The van der Waals surface area contributed by atoms with Crippen LogP contribution in [0.25, 0.3) is 0 Å². The van der Waals surface area contributed by atoms with E-state index in [0.29, 0.717) is 0 Å². The van der Waals surface area contributed by atoms with Gasteiger partial charge < -0.3 is 168 Å². The summed E-state index contributed by atoms with van der Waals surface area (Å²) in [6.07, 6.45) is -58.3. The van der Waals surface area contributed by atoms with Crippen molar-refractivity contribution in [2.24, 2.45) is 0 Å². The molecule has 0 aliphatic carbocycles. The van der Waals surface area contributed by atoms with E-state index in [-0.39, 0.29) is 13.2 Å². The van der Waals surface area contributed by atoms with Crippen molar-refractivity contribution >= 4 is 0 Å². The molecule has 9 heterocycles. The average molecular weight is 1120 g/mol. The fourth-order valence-electron chi connectivity index (χ4n) is 10.7. The molecular weight excluding hydrogens is 1050 g/mol. The molecule has 0 radical (unpaired) electrons. The standard InChI is InChI=1S/C42H68O34/c43-1-8-15(48)16(49)22(55)37(65-8)75-32-13-6-62-34(32)26(59)41(69-13)74-31-12(5-47)67-39(24(57)19(31)52)72-29-10(3-45)68-40(25(58)20(29)53)76-33-14-7-63-35(33)27(60)42(70-14)73-30-11(4-46)66-38(23(56)18(30)51)71-28-9(2-44)64-36(61)21(54)17(28)50/h8-61H,1-7H2/t8-,9-,10-,11-,12-,13-,14-,15-,16+,17-,18-,19-,20-,21-,22-,23-,24-,25-,26-,27-,28-,29-,30-,31-,32-,33-,34-,35-,36+,37-,38-,39-,40-,41-,42-/m1/s1. The molecule has 34 nitrogen and oxygen atoms in total. The molecule has 34 heteroatoms. The molecule has 76 heavy (non-hydrogen) atoms. The predicted octanol–water partition coefficient (Wildman–Crippen LogP) is -14.2. The van der Waals surface area contributed by atoms with Gasteiger partial charge in [0.05, 0.1) is 46.2 Å². The monoisotopic (exact) mass is 1120 g/mol. The topological polar surface area (TPSA) is 523 Å². The number of aliphatic hydroxyl groups is 19. The van der Waals surface area contributed by atoms with Gasteiger partial charge in [0.1, 0.15) is 171 Å². The largest absolute Gasteiger partial charge is 0.394 e. The second kappa shape index (κ2) is 24.6. The molecule has 9 saturated heterocycles. The lowest BCUT2D eigenvalue weighted by Gasteiger charge is -2.49. The summed E-state index contributed by atoms with van der Waals surface area (Å²) in [4.78, 5) is 0. The Labute approximate surface area is 428 Å². The molecule has 0 saturated carbocycles. The Bertz CT molecular complexity index is 1840. The lowest BCUT2D eigenvalue weighted by Crippen LogP contribution is -2.67. The molecule has 0 amide bonds. The minimum atomic E-state index is -2.06. The Balaban J connectivity index is 0.779. The van der Waals surface area contributed by atoms with Gasteiger partial charge in [-0.2, -0.15) is 0 Å². The van der Waals surface area contributed by atoms with Gasteiger partial charge in [-0.15, -0.1) is 0 Å². The first-order valence-electron chi connectivity index (χ1n) is 24.6. The minimum Gasteiger partial charge on any atom is -0.394 e. The molecule has 0 aromatic heterocycles. The summed E-state index contributed by atoms with van der Waals surface area (Å²) < 4.78 is 85.4. The molecule has 9 aliphatic rings. The maximum Gasteiger partial charge on any atom is 0.187 e. The number of rotatable bonds is 17. The first kappa shape index (κ1) is 59.3. The molecule has 35 atom stereocenters. The van der Waals surface area contributed by atoms with Gasteiger partial charge in [-0.3, -0.25) is 0 Å². The van der Waals surface area contributed by atoms with Crippen molar-refractivity contribution in [1.82, 2.24) is 0 Å². The molecule has 9 rings (SSSR count). The Kier molecular flexibility index (Phi) is 19.2.